The van der Waals surface area contributed by atoms with Crippen molar-refractivity contribution in [3.05, 3.63) is 12.2 Å². The first-order valence-electron chi connectivity index (χ1n) is 4.19. The van der Waals surface area contributed by atoms with Gasteiger partial charge in [-0.15, -0.1) is 0 Å². The van der Waals surface area contributed by atoms with Gasteiger partial charge in [-0.25, -0.2) is 4.79 Å². The summed E-state index contributed by atoms with van der Waals surface area (Å²) in [4.78, 5) is 9.60. The van der Waals surface area contributed by atoms with Gasteiger partial charge >= 0.3 is 61.0 Å². The predicted octanol–water partition coefficient (Wildman–Crippen LogP) is 0.911. The third-order valence-corrected chi connectivity index (χ3v) is 1.96. The molecule has 86 valence electrons. The van der Waals surface area contributed by atoms with Crippen molar-refractivity contribution < 1.29 is 24.1 Å². The van der Waals surface area contributed by atoms with Gasteiger partial charge in [-0.3, -0.25) is 0 Å². The van der Waals surface area contributed by atoms with Gasteiger partial charge in [0.2, 0.25) is 0 Å². The molecule has 0 radical (unpaired) electrons. The number of aliphatic carboxylic acids is 1. The first kappa shape index (κ1) is 16.6. The molecule has 0 aliphatic heterocycles. The number of carboxylic acids is 1. The molecule has 0 aliphatic rings. The molecule has 0 saturated carbocycles. The summed E-state index contributed by atoms with van der Waals surface area (Å²) in [7, 11) is 3.54. The van der Waals surface area contributed by atoms with Crippen molar-refractivity contribution in [3.63, 3.8) is 0 Å². The fourth-order valence-electron chi connectivity index (χ4n) is 0.411. The third-order valence-electron chi connectivity index (χ3n) is 1.34. The van der Waals surface area contributed by atoms with Gasteiger partial charge < -0.3 is 5.11 Å². The molecule has 0 unspecified atom stereocenters. The number of hydrogen-bond donors (Lipinski definition) is 2. The second kappa shape index (κ2) is 8.45. The van der Waals surface area contributed by atoms with Gasteiger partial charge in [0.25, 0.3) is 0 Å². The third kappa shape index (κ3) is 13.1. The van der Waals surface area contributed by atoms with E-state index in [2.05, 4.69) is 12.3 Å². The Morgan fingerprint density at radius 2 is 1.93 bits per heavy atom. The Balaban J connectivity index is 0. The van der Waals surface area contributed by atoms with Gasteiger partial charge in [0.05, 0.1) is 0 Å². The molecular formula is C9H17NO4P+. The van der Waals surface area contributed by atoms with Crippen molar-refractivity contribution >= 4 is 13.9 Å². The quantitative estimate of drug-likeness (QED) is 0.432. The second-order valence-electron chi connectivity index (χ2n) is 3.41. The molecule has 0 spiro atoms. The standard InChI is InChI=1S/C5H11NO2P.C4H6O2/c1-6(2,3-4-7)5-9-8;1-3(2)4(5)6/h7H,3-4H2,1-2H3;1H2,2H3,(H,5,6)/q+1;. The molecule has 5 nitrogen and oxygen atoms in total. The first-order valence-corrected chi connectivity index (χ1v) is 5.00. The number of nitrogens with zero attached hydrogens (tertiary/aromatic N) is 1. The molecule has 0 aliphatic carbocycles. The normalized spacial score (nSPS) is 9.33. The van der Waals surface area contributed by atoms with Crippen LogP contribution in [0.5, 0.6) is 0 Å². The number of hydrogen-bond acceptors (Lipinski definition) is 3. The maximum atomic E-state index is 9.98. The fraction of sp³-hybridized carbons (Fsp3) is 0.556. The molecule has 0 fully saturated rings. The predicted molar refractivity (Wildman–Crippen MR) is 58.0 cm³/mol. The Kier molecular flexibility index (Phi) is 9.33. The Morgan fingerprint density at radius 1 is 1.53 bits per heavy atom. The molecule has 0 aromatic heterocycles. The summed E-state index contributed by atoms with van der Waals surface area (Å²) in [5.74, 6) is 1.68. The van der Waals surface area contributed by atoms with Gasteiger partial charge in [-0.1, -0.05) is 6.58 Å². The van der Waals surface area contributed by atoms with Crippen molar-refractivity contribution in [2.75, 3.05) is 27.2 Å². The maximum absolute atomic E-state index is 9.98. The molecule has 0 bridgehead atoms. The average molecular weight is 234 g/mol. The molecule has 0 rings (SSSR count). The van der Waals surface area contributed by atoms with Crippen LogP contribution in [0.3, 0.4) is 0 Å². The van der Waals surface area contributed by atoms with E-state index in [0.29, 0.717) is 11.0 Å². The SMILES string of the molecule is C=C(C)C(=O)O.C[N+](C)(C#P=O)CCO. The van der Waals surface area contributed by atoms with Crippen LogP contribution >= 0.6 is 7.92 Å². The van der Waals surface area contributed by atoms with Crippen LogP contribution in [0.2, 0.25) is 0 Å². The molecule has 2 N–H and O–H groups in total. The molecule has 6 heteroatoms. The van der Waals surface area contributed by atoms with E-state index in [-0.39, 0.29) is 20.1 Å². The van der Waals surface area contributed by atoms with Crippen molar-refractivity contribution in [2.45, 2.75) is 6.92 Å². The van der Waals surface area contributed by atoms with Crippen LogP contribution in [0.15, 0.2) is 12.2 Å². The Morgan fingerprint density at radius 3 is 2.13 bits per heavy atom. The summed E-state index contributed by atoms with van der Waals surface area (Å²) in [6, 6.07) is 0. The number of aliphatic hydroxyl groups excluding tert-OH is 1. The molecule has 0 saturated heterocycles. The van der Waals surface area contributed by atoms with E-state index in [1.807, 2.05) is 14.1 Å². The molecule has 0 atom stereocenters. The van der Waals surface area contributed by atoms with E-state index in [0.717, 1.165) is 0 Å². The Bertz CT molecular complexity index is 306. The van der Waals surface area contributed by atoms with Crippen molar-refractivity contribution in [3.8, 4) is 5.75 Å². The van der Waals surface area contributed by atoms with Crippen LogP contribution in [-0.4, -0.2) is 47.9 Å². The van der Waals surface area contributed by atoms with Crippen LogP contribution in [0.25, 0.3) is 0 Å². The van der Waals surface area contributed by atoms with Crippen LogP contribution in [-0.2, 0) is 9.36 Å². The van der Waals surface area contributed by atoms with Gasteiger partial charge in [0, 0.05) is 5.57 Å². The van der Waals surface area contributed by atoms with Crippen LogP contribution in [0.4, 0.5) is 0 Å². The first-order chi connectivity index (χ1) is 6.76. The molecule has 0 heterocycles. The number of likely N-dealkylation sites (N-methyl/N-ethyl adjacent to an activating group) is 1. The van der Waals surface area contributed by atoms with Crippen molar-refractivity contribution in [2.24, 2.45) is 0 Å². The van der Waals surface area contributed by atoms with Gasteiger partial charge in [0.1, 0.15) is 0 Å². The summed E-state index contributed by atoms with van der Waals surface area (Å²) in [6.07, 6.45) is 0. The molecule has 0 aromatic carbocycles. The van der Waals surface area contributed by atoms with E-state index < -0.39 is 5.97 Å². The monoisotopic (exact) mass is 234 g/mol. The zero-order valence-corrected chi connectivity index (χ0v) is 10.1. The van der Waals surface area contributed by atoms with Crippen molar-refractivity contribution in [1.82, 2.24) is 0 Å². The van der Waals surface area contributed by atoms with E-state index >= 15 is 0 Å². The van der Waals surface area contributed by atoms with Crippen LogP contribution in [0.1, 0.15) is 6.92 Å². The van der Waals surface area contributed by atoms with Gasteiger partial charge in [0.15, 0.2) is 0 Å². The zero-order valence-electron chi connectivity index (χ0n) is 9.23. The number of carbonyl (C=O) groups is 1. The molecular weight excluding hydrogens is 217 g/mol. The summed E-state index contributed by atoms with van der Waals surface area (Å²) in [5, 5.41) is 16.4. The van der Waals surface area contributed by atoms with E-state index in [1.54, 1.807) is 0 Å². The second-order valence-corrected chi connectivity index (χ2v) is 3.79. The average Bonchev–Trinajstić information content (AvgIpc) is 2.04. The molecule has 0 aromatic rings. The van der Waals surface area contributed by atoms with Crippen LogP contribution < -0.4 is 0 Å². The number of quaternary nitrogens is 1. The summed E-state index contributed by atoms with van der Waals surface area (Å²) in [6.45, 7) is 5.25. The summed E-state index contributed by atoms with van der Waals surface area (Å²) < 4.78 is 10.3. The molecule has 15 heavy (non-hydrogen) atoms. The summed E-state index contributed by atoms with van der Waals surface area (Å²) >= 11 is 0. The fourth-order valence-corrected chi connectivity index (χ4v) is 0.732. The van der Waals surface area contributed by atoms with E-state index in [4.69, 9.17) is 10.2 Å². The number of carboxylic acid groups (broad SMARTS) is 1. The molecule has 0 amide bonds. The number of aliphatic hydroxyl groups is 1. The summed E-state index contributed by atoms with van der Waals surface area (Å²) in [5.41, 5.74) is 0.176. The van der Waals surface area contributed by atoms with Crippen LogP contribution in [0, 0.1) is 5.75 Å². The minimum atomic E-state index is -0.935. The Hall–Kier alpha value is -0.860. The van der Waals surface area contributed by atoms with Crippen molar-refractivity contribution in [1.29, 1.82) is 0 Å². The zero-order chi connectivity index (χ0) is 12.5. The van der Waals surface area contributed by atoms with E-state index in [1.165, 1.54) is 6.92 Å². The van der Waals surface area contributed by atoms with E-state index in [9.17, 15) is 9.36 Å². The van der Waals surface area contributed by atoms with Gasteiger partial charge in [-0.2, -0.15) is 0 Å². The minimum absolute atomic E-state index is 0.0928. The Labute approximate surface area is 90.7 Å². The van der Waals surface area contributed by atoms with Gasteiger partial charge in [-0.05, 0) is 6.92 Å². The topological polar surface area (TPSA) is 74.6 Å². The number of rotatable bonds is 3.